The molecule has 0 spiro atoms. The van der Waals surface area contributed by atoms with Gasteiger partial charge in [-0.1, -0.05) is 0 Å². The van der Waals surface area contributed by atoms with Crippen LogP contribution in [0, 0.1) is 27.7 Å². The molecule has 28 heavy (non-hydrogen) atoms. The monoisotopic (exact) mass is 378 g/mol. The summed E-state index contributed by atoms with van der Waals surface area (Å²) in [6.45, 7) is 7.23. The van der Waals surface area contributed by atoms with E-state index in [4.69, 9.17) is 0 Å². The van der Waals surface area contributed by atoms with Crippen molar-refractivity contribution < 1.29 is 9.59 Å². The lowest BCUT2D eigenvalue weighted by atomic mass is 10.2. The molecule has 2 N–H and O–H groups in total. The number of hydrogen-bond acceptors (Lipinski definition) is 6. The quantitative estimate of drug-likeness (QED) is 0.504. The van der Waals surface area contributed by atoms with E-state index in [1.54, 1.807) is 22.9 Å². The summed E-state index contributed by atoms with van der Waals surface area (Å²) in [5, 5.41) is 8.62. The normalized spacial score (nSPS) is 11.1. The number of amides is 2. The topological polar surface area (TPSA) is 119 Å². The molecular formula is C18H18N8O2. The Kier molecular flexibility index (Phi) is 4.03. The van der Waals surface area contributed by atoms with Gasteiger partial charge in [0.25, 0.3) is 11.8 Å². The van der Waals surface area contributed by atoms with Gasteiger partial charge in [-0.3, -0.25) is 20.4 Å². The van der Waals surface area contributed by atoms with Gasteiger partial charge in [-0.2, -0.15) is 10.2 Å². The molecular weight excluding hydrogens is 360 g/mol. The number of rotatable bonds is 2. The van der Waals surface area contributed by atoms with Crippen LogP contribution < -0.4 is 10.9 Å². The second-order valence-corrected chi connectivity index (χ2v) is 6.53. The lowest BCUT2D eigenvalue weighted by Gasteiger charge is -2.11. The van der Waals surface area contributed by atoms with Gasteiger partial charge in [0.15, 0.2) is 11.3 Å². The molecule has 0 aliphatic rings. The van der Waals surface area contributed by atoms with Crippen molar-refractivity contribution in [2.45, 2.75) is 27.7 Å². The highest BCUT2D eigenvalue weighted by atomic mass is 16.2. The molecule has 10 nitrogen and oxygen atoms in total. The van der Waals surface area contributed by atoms with Gasteiger partial charge in [0, 0.05) is 24.5 Å². The van der Waals surface area contributed by atoms with Crippen molar-refractivity contribution in [1.82, 2.24) is 40.0 Å². The minimum Gasteiger partial charge on any atom is -0.267 e. The molecule has 0 bridgehead atoms. The summed E-state index contributed by atoms with van der Waals surface area (Å²) in [5.74, 6) is -0.981. The van der Waals surface area contributed by atoms with Crippen molar-refractivity contribution in [3.05, 3.63) is 58.4 Å². The van der Waals surface area contributed by atoms with E-state index in [0.29, 0.717) is 33.8 Å². The molecule has 0 aliphatic carbocycles. The smallest absolute Gasteiger partial charge is 0.267 e. The van der Waals surface area contributed by atoms with Crippen LogP contribution >= 0.6 is 0 Å². The van der Waals surface area contributed by atoms with E-state index in [-0.39, 0.29) is 0 Å². The average molecular weight is 378 g/mol. The molecule has 142 valence electrons. The van der Waals surface area contributed by atoms with Gasteiger partial charge in [-0.15, -0.1) is 0 Å². The molecule has 4 heterocycles. The highest BCUT2D eigenvalue weighted by Crippen LogP contribution is 2.12. The highest BCUT2D eigenvalue weighted by Gasteiger charge is 2.17. The second kappa shape index (κ2) is 6.41. The van der Waals surface area contributed by atoms with Crippen LogP contribution in [0.3, 0.4) is 0 Å². The number of nitrogens with one attached hydrogen (secondary N) is 2. The summed E-state index contributed by atoms with van der Waals surface area (Å²) in [7, 11) is 0. The zero-order valence-corrected chi connectivity index (χ0v) is 15.8. The number of aryl methyl sites for hydroxylation is 4. The lowest BCUT2D eigenvalue weighted by Crippen LogP contribution is -2.42. The Morgan fingerprint density at radius 3 is 1.54 bits per heavy atom. The number of hydrazine groups is 1. The summed E-state index contributed by atoms with van der Waals surface area (Å²) >= 11 is 0. The van der Waals surface area contributed by atoms with Gasteiger partial charge in [-0.05, 0) is 27.7 Å². The van der Waals surface area contributed by atoms with Gasteiger partial charge in [0.05, 0.1) is 33.9 Å². The first-order valence-corrected chi connectivity index (χ1v) is 8.60. The SMILES string of the molecule is Cc1cc2ncc(C(=O)NNC(=O)c3cnc4cc(C)nn4c3C)c(C)n2n1. The first kappa shape index (κ1) is 17.6. The number of aromatic nitrogens is 6. The minimum absolute atomic E-state index is 0.309. The summed E-state index contributed by atoms with van der Waals surface area (Å²) < 4.78 is 3.18. The zero-order chi connectivity index (χ0) is 20.0. The third kappa shape index (κ3) is 2.84. The van der Waals surface area contributed by atoms with Gasteiger partial charge in [-0.25, -0.2) is 19.0 Å². The third-order valence-corrected chi connectivity index (χ3v) is 4.47. The maximum absolute atomic E-state index is 12.5. The molecule has 0 aliphatic heterocycles. The summed E-state index contributed by atoms with van der Waals surface area (Å²) in [6, 6.07) is 3.64. The molecule has 2 amide bonds. The van der Waals surface area contributed by atoms with Crippen molar-refractivity contribution in [3.63, 3.8) is 0 Å². The Hall–Kier alpha value is -3.82. The van der Waals surface area contributed by atoms with Crippen LogP contribution in [0.1, 0.15) is 43.5 Å². The van der Waals surface area contributed by atoms with E-state index in [1.165, 1.54) is 12.4 Å². The van der Waals surface area contributed by atoms with E-state index in [1.807, 2.05) is 26.0 Å². The standard InChI is InChI=1S/C18H18N8O2/c1-9-5-15-19-7-13(11(3)25(15)23-9)17(27)21-22-18(28)14-8-20-16-6-10(2)24-26(16)12(14)4/h5-8H,1-4H3,(H,21,27)(H,22,28). The number of hydrogen-bond donors (Lipinski definition) is 2. The maximum Gasteiger partial charge on any atom is 0.273 e. The predicted octanol–water partition coefficient (Wildman–Crippen LogP) is 1.08. The minimum atomic E-state index is -0.491. The Morgan fingerprint density at radius 1 is 0.750 bits per heavy atom. The molecule has 0 aromatic carbocycles. The fourth-order valence-corrected chi connectivity index (χ4v) is 3.02. The maximum atomic E-state index is 12.5. The predicted molar refractivity (Wildman–Crippen MR) is 99.9 cm³/mol. The Morgan fingerprint density at radius 2 is 1.14 bits per heavy atom. The fraction of sp³-hybridized carbons (Fsp3) is 0.222. The number of carbonyl (C=O) groups excluding carboxylic acids is 2. The molecule has 4 aromatic heterocycles. The Bertz CT molecular complexity index is 1160. The summed E-state index contributed by atoms with van der Waals surface area (Å²) in [4.78, 5) is 33.5. The van der Waals surface area contributed by atoms with E-state index in [9.17, 15) is 9.59 Å². The molecule has 4 aromatic rings. The van der Waals surface area contributed by atoms with E-state index in [2.05, 4.69) is 31.0 Å². The second-order valence-electron chi connectivity index (χ2n) is 6.53. The molecule has 0 radical (unpaired) electrons. The van der Waals surface area contributed by atoms with Gasteiger partial charge in [0.1, 0.15) is 0 Å². The van der Waals surface area contributed by atoms with Crippen LogP contribution in [0.15, 0.2) is 24.5 Å². The van der Waals surface area contributed by atoms with Crippen molar-refractivity contribution >= 4 is 23.1 Å². The molecule has 10 heteroatoms. The van der Waals surface area contributed by atoms with Crippen LogP contribution in [0.4, 0.5) is 0 Å². The number of fused-ring (bicyclic) bond motifs is 2. The lowest BCUT2D eigenvalue weighted by molar-refractivity contribution is 0.0844. The van der Waals surface area contributed by atoms with Crippen LogP contribution in [0.2, 0.25) is 0 Å². The third-order valence-electron chi connectivity index (χ3n) is 4.47. The zero-order valence-electron chi connectivity index (χ0n) is 15.8. The number of carbonyl (C=O) groups is 2. The average Bonchev–Trinajstić information content (AvgIpc) is 3.22. The largest absolute Gasteiger partial charge is 0.273 e. The van der Waals surface area contributed by atoms with Crippen molar-refractivity contribution in [3.8, 4) is 0 Å². The van der Waals surface area contributed by atoms with E-state index in [0.717, 1.165) is 11.4 Å². The van der Waals surface area contributed by atoms with Crippen molar-refractivity contribution in [2.24, 2.45) is 0 Å². The van der Waals surface area contributed by atoms with E-state index >= 15 is 0 Å². The van der Waals surface area contributed by atoms with Gasteiger partial charge < -0.3 is 0 Å². The highest BCUT2D eigenvalue weighted by molar-refractivity contribution is 6.00. The summed E-state index contributed by atoms with van der Waals surface area (Å²) in [6.07, 6.45) is 2.91. The molecule has 0 saturated carbocycles. The molecule has 0 unspecified atom stereocenters. The van der Waals surface area contributed by atoms with Crippen LogP contribution in [0.5, 0.6) is 0 Å². The first-order valence-electron chi connectivity index (χ1n) is 8.60. The van der Waals surface area contributed by atoms with Crippen molar-refractivity contribution in [1.29, 1.82) is 0 Å². The Labute approximate surface area is 159 Å². The first-order chi connectivity index (χ1) is 13.3. The number of nitrogens with zero attached hydrogens (tertiary/aromatic N) is 6. The molecule has 0 saturated heterocycles. The Balaban J connectivity index is 1.54. The van der Waals surface area contributed by atoms with E-state index < -0.39 is 11.8 Å². The van der Waals surface area contributed by atoms with Crippen LogP contribution in [0.25, 0.3) is 11.3 Å². The fourth-order valence-electron chi connectivity index (χ4n) is 3.02. The van der Waals surface area contributed by atoms with Gasteiger partial charge in [0.2, 0.25) is 0 Å². The van der Waals surface area contributed by atoms with Crippen molar-refractivity contribution in [2.75, 3.05) is 0 Å². The van der Waals surface area contributed by atoms with Gasteiger partial charge >= 0.3 is 0 Å². The van der Waals surface area contributed by atoms with Crippen LogP contribution in [-0.4, -0.2) is 41.0 Å². The summed E-state index contributed by atoms with van der Waals surface area (Å²) in [5.41, 5.74) is 9.59. The molecule has 0 fully saturated rings. The molecule has 0 atom stereocenters. The van der Waals surface area contributed by atoms with Crippen LogP contribution in [-0.2, 0) is 0 Å². The molecule has 4 rings (SSSR count).